The molecule has 0 unspecified atom stereocenters. The number of guanidine groups is 1. The molecule has 5 heterocycles. The first-order valence-corrected chi connectivity index (χ1v) is 21.2. The van der Waals surface area contributed by atoms with Crippen molar-refractivity contribution in [3.8, 4) is 11.5 Å². The maximum atomic E-state index is 14.8. The van der Waals surface area contributed by atoms with E-state index >= 15 is 0 Å². The van der Waals surface area contributed by atoms with Gasteiger partial charge in [0.15, 0.2) is 34.6 Å². The van der Waals surface area contributed by atoms with Crippen molar-refractivity contribution >= 4 is 52.8 Å². The Morgan fingerprint density at radius 3 is 2.58 bits per heavy atom. The summed E-state index contributed by atoms with van der Waals surface area (Å²) in [5.74, 6) is -2.94. The maximum Gasteiger partial charge on any atom is 0.302 e. The summed E-state index contributed by atoms with van der Waals surface area (Å²) in [6.45, 7) is -1.22. The Balaban J connectivity index is 1.24. The second-order valence-corrected chi connectivity index (χ2v) is 16.2. The molecule has 1 aliphatic carbocycles. The number of rotatable bonds is 12. The van der Waals surface area contributed by atoms with Crippen molar-refractivity contribution in [2.24, 2.45) is 20.7 Å². The smallest absolute Gasteiger partial charge is 0.302 e. The topological polar surface area (TPSA) is 301 Å². The number of aliphatic imine (C=N–C) groups is 3. The second-order valence-electron chi connectivity index (χ2n) is 16.2. The summed E-state index contributed by atoms with van der Waals surface area (Å²) >= 11 is 0. The van der Waals surface area contributed by atoms with E-state index in [1.165, 1.54) is 24.3 Å². The van der Waals surface area contributed by atoms with E-state index in [-0.39, 0.29) is 96.2 Å². The lowest BCUT2D eigenvalue weighted by Gasteiger charge is -2.42. The van der Waals surface area contributed by atoms with Gasteiger partial charge in [-0.15, -0.1) is 0 Å². The van der Waals surface area contributed by atoms with Crippen LogP contribution in [0.1, 0.15) is 72.9 Å². The number of nitrogens with zero attached hydrogens (tertiary/aromatic N) is 5. The van der Waals surface area contributed by atoms with Crippen molar-refractivity contribution in [1.29, 1.82) is 0 Å². The third-order valence-corrected chi connectivity index (χ3v) is 12.0. The number of nitrogen functional groups attached to an aromatic ring is 1. The van der Waals surface area contributed by atoms with Gasteiger partial charge < -0.3 is 65.3 Å². The minimum atomic E-state index is -1.61. The van der Waals surface area contributed by atoms with Gasteiger partial charge >= 0.3 is 5.91 Å². The molecule has 5 aliphatic rings. The van der Waals surface area contributed by atoms with Gasteiger partial charge in [-0.1, -0.05) is 24.3 Å². The predicted molar refractivity (Wildman–Crippen MR) is 234 cm³/mol. The van der Waals surface area contributed by atoms with Crippen molar-refractivity contribution in [1.82, 2.24) is 4.98 Å². The molecule has 1 amide bonds. The Morgan fingerprint density at radius 2 is 1.77 bits per heavy atom. The van der Waals surface area contributed by atoms with Gasteiger partial charge in [0.05, 0.1) is 31.5 Å². The number of para-hydroxylation sites is 1. The molecule has 8 N–H and O–H groups in total. The van der Waals surface area contributed by atoms with Crippen LogP contribution in [0.2, 0.25) is 0 Å². The van der Waals surface area contributed by atoms with Crippen molar-refractivity contribution in [3.05, 3.63) is 111 Å². The number of hydrogen-bond donors (Lipinski definition) is 6. The van der Waals surface area contributed by atoms with E-state index in [4.69, 9.17) is 35.2 Å². The normalized spacial score (nSPS) is 24.0. The Morgan fingerprint density at radius 1 is 0.939 bits per heavy atom. The molecule has 7 atom stereocenters. The second kappa shape index (κ2) is 18.6. The first kappa shape index (κ1) is 44.4. The number of hydrogen-bond acceptors (Lipinski definition) is 19. The van der Waals surface area contributed by atoms with Crippen LogP contribution in [0.5, 0.6) is 11.5 Å². The summed E-state index contributed by atoms with van der Waals surface area (Å²) in [5, 5.41) is 44.0. The monoisotopic (exact) mass is 903 g/mol. The molecule has 4 aromatic rings. The van der Waals surface area contributed by atoms with Crippen molar-refractivity contribution < 1.29 is 63.3 Å². The number of aromatic nitrogens is 1. The molecule has 20 nitrogen and oxygen atoms in total. The summed E-state index contributed by atoms with van der Waals surface area (Å²) in [7, 11) is 0. The molecule has 0 radical (unpaired) electrons. The number of benzene rings is 3. The molecule has 0 saturated carbocycles. The lowest BCUT2D eigenvalue weighted by atomic mass is 9.78. The highest BCUT2D eigenvalue weighted by atomic mass is 16.7. The number of anilines is 2. The SMILES string of the molecule is NC1=NC(=O)C2=NCN(c3ccccc3[C@@H]3CCOC[C@@H]4O[C@H](Oc5c3cc3c(c5OC[C@H](O)CC=O)C(=O)c5cc(CO)ccc5C3=O)[C@@H](OCCc3ccnc(N)c3)[C@H](O)[C@H]4O)C2=N1. The number of amidine groups is 1. The zero-order valence-electron chi connectivity index (χ0n) is 35.2. The number of carbonyl (C=O) groups is 4. The molecule has 342 valence electrons. The van der Waals surface area contributed by atoms with E-state index in [9.17, 15) is 39.6 Å². The van der Waals surface area contributed by atoms with Crippen LogP contribution in [-0.2, 0) is 36.8 Å². The Labute approximate surface area is 376 Å². The standard InChI is InChI=1S/C46H45N7O13/c47-33-16-22(7-11-49-33)9-14-63-42-39(60)38(59)32-20-62-13-10-25(26-3-1-2-4-31(26)53-21-50-35-43(53)51-46(48)52-44(35)61)29-17-30-34(37(58)28-15-23(18-55)5-6-27(28)36(30)57)41(40(29)66-45(42)65-32)64-19-24(56)8-12-54/h1-7,11-12,15-17,24-25,32,38-39,42,45,55-56,59-60H,8-10,13-14,18-21H2,(H2,47,49)(H2,48,52,61)/t24-,25+,32+,38+,39-,42+,45-/m1/s1. The van der Waals surface area contributed by atoms with E-state index in [1.54, 1.807) is 41.4 Å². The summed E-state index contributed by atoms with van der Waals surface area (Å²) in [5.41, 5.74) is 14.1. The molecular formula is C46H45N7O13. The van der Waals surface area contributed by atoms with Crippen LogP contribution >= 0.6 is 0 Å². The number of fused-ring (bicyclic) bond motifs is 6. The number of carbonyl (C=O) groups excluding carboxylic acids is 4. The number of aliphatic hydroxyl groups is 4. The molecule has 2 bridgehead atoms. The van der Waals surface area contributed by atoms with E-state index in [1.807, 2.05) is 6.07 Å². The minimum Gasteiger partial charge on any atom is -0.486 e. The number of ketones is 2. The number of nitrogens with two attached hydrogens (primary N) is 2. The number of aliphatic hydroxyl groups excluding tert-OH is 4. The molecule has 0 spiro atoms. The minimum absolute atomic E-state index is 0.00648. The number of aldehydes is 1. The van der Waals surface area contributed by atoms with E-state index < -0.39 is 73.4 Å². The fraction of sp³-hybridized carbons (Fsp3) is 0.348. The molecule has 20 heteroatoms. The lowest BCUT2D eigenvalue weighted by molar-refractivity contribution is -0.289. The van der Waals surface area contributed by atoms with Gasteiger partial charge in [0.2, 0.25) is 12.2 Å². The first-order valence-electron chi connectivity index (χ1n) is 21.2. The van der Waals surface area contributed by atoms with Crippen LogP contribution in [-0.4, -0.2) is 137 Å². The van der Waals surface area contributed by atoms with E-state index in [2.05, 4.69) is 20.0 Å². The fourth-order valence-electron chi connectivity index (χ4n) is 8.76. The quantitative estimate of drug-likeness (QED) is 0.0941. The van der Waals surface area contributed by atoms with E-state index in [0.29, 0.717) is 35.3 Å². The summed E-state index contributed by atoms with van der Waals surface area (Å²) < 4.78 is 32.0. The highest BCUT2D eigenvalue weighted by Gasteiger charge is 2.49. The number of amides is 1. The van der Waals surface area contributed by atoms with Gasteiger partial charge in [-0.2, -0.15) is 9.98 Å². The molecule has 1 fully saturated rings. The molecule has 1 aromatic heterocycles. The number of pyridine rings is 1. The average molecular weight is 904 g/mol. The van der Waals surface area contributed by atoms with Gasteiger partial charge in [-0.05, 0) is 65.9 Å². The molecule has 9 rings (SSSR count). The lowest BCUT2D eigenvalue weighted by Crippen LogP contribution is -2.61. The Hall–Kier alpha value is -6.78. The Bertz CT molecular complexity index is 2710. The predicted octanol–water partition coefficient (Wildman–Crippen LogP) is 0.738. The highest BCUT2D eigenvalue weighted by Crippen LogP contribution is 2.50. The summed E-state index contributed by atoms with van der Waals surface area (Å²) in [4.78, 5) is 72.2. The van der Waals surface area contributed by atoms with Crippen LogP contribution in [0, 0.1) is 0 Å². The molecule has 3 aromatic carbocycles. The summed E-state index contributed by atoms with van der Waals surface area (Å²) in [6, 6.07) is 16.5. The first-order chi connectivity index (χ1) is 31.9. The van der Waals surface area contributed by atoms with Crippen LogP contribution in [0.3, 0.4) is 0 Å². The third-order valence-electron chi connectivity index (χ3n) is 12.0. The van der Waals surface area contributed by atoms with Gasteiger partial charge in [0, 0.05) is 53.1 Å². The molecule has 66 heavy (non-hydrogen) atoms. The zero-order chi connectivity index (χ0) is 46.2. The zero-order valence-corrected chi connectivity index (χ0v) is 35.2. The average Bonchev–Trinajstić information content (AvgIpc) is 3.73. The van der Waals surface area contributed by atoms with E-state index in [0.717, 1.165) is 5.56 Å². The number of ether oxygens (including phenoxy) is 5. The van der Waals surface area contributed by atoms with Crippen LogP contribution in [0.15, 0.2) is 81.8 Å². The van der Waals surface area contributed by atoms with Gasteiger partial charge in [-0.25, -0.2) is 4.98 Å². The third kappa shape index (κ3) is 8.34. The fourth-order valence-corrected chi connectivity index (χ4v) is 8.76. The van der Waals surface area contributed by atoms with Gasteiger partial charge in [0.25, 0.3) is 0 Å². The van der Waals surface area contributed by atoms with Crippen LogP contribution in [0.4, 0.5) is 11.5 Å². The van der Waals surface area contributed by atoms with Crippen molar-refractivity contribution in [2.75, 3.05) is 43.7 Å². The van der Waals surface area contributed by atoms with Crippen molar-refractivity contribution in [2.45, 2.75) is 68.6 Å². The van der Waals surface area contributed by atoms with Crippen LogP contribution < -0.4 is 25.8 Å². The molecule has 4 aliphatic heterocycles. The molecule has 1 saturated heterocycles. The van der Waals surface area contributed by atoms with Gasteiger partial charge in [-0.3, -0.25) is 19.4 Å². The Kier molecular flexibility index (Phi) is 12.5. The largest absolute Gasteiger partial charge is 0.486 e. The molecular weight excluding hydrogens is 859 g/mol. The highest BCUT2D eigenvalue weighted by molar-refractivity contribution is 6.72. The van der Waals surface area contributed by atoms with Crippen molar-refractivity contribution in [3.63, 3.8) is 0 Å². The van der Waals surface area contributed by atoms with Gasteiger partial charge in [0.1, 0.15) is 49.8 Å². The maximum absolute atomic E-state index is 14.8. The van der Waals surface area contributed by atoms with Crippen LogP contribution in [0.25, 0.3) is 0 Å². The summed E-state index contributed by atoms with van der Waals surface area (Å²) in [6.07, 6.45) is -6.42.